The number of amides is 6. The van der Waals surface area contributed by atoms with E-state index in [2.05, 4.69) is 117 Å². The minimum Gasteiger partial charge on any atom is -0.344 e. The molecule has 6 amide bonds. The molecule has 126 heavy (non-hydrogen) atoms. The molecular weight excluding hydrogens is 1580 g/mol. The highest BCUT2D eigenvalue weighted by Crippen LogP contribution is 2.34. The minimum atomic E-state index is -0.476. The Morgan fingerprint density at radius 1 is 0.333 bits per heavy atom. The molecule has 0 radical (unpaired) electrons. The van der Waals surface area contributed by atoms with Gasteiger partial charge in [0, 0.05) is 152 Å². The summed E-state index contributed by atoms with van der Waals surface area (Å²) in [6.07, 6.45) is 33.1. The van der Waals surface area contributed by atoms with E-state index in [4.69, 9.17) is 6.42 Å². The number of terminal acetylenes is 1. The summed E-state index contributed by atoms with van der Waals surface area (Å²) in [5, 5.41) is 21.8. The highest BCUT2D eigenvalue weighted by Gasteiger charge is 2.17. The quantitative estimate of drug-likeness (QED) is 0.0298. The molecule has 18 rings (SSSR count). The average molecular weight is 1660 g/mol. The number of allylic oxidation sites excluding steroid dienone is 2. The number of rotatable bonds is 17. The summed E-state index contributed by atoms with van der Waals surface area (Å²) in [5.74, 6) is 5.15. The van der Waals surface area contributed by atoms with E-state index < -0.39 is 5.91 Å². The Hall–Kier alpha value is -18.0. The lowest BCUT2D eigenvalue weighted by Gasteiger charge is -2.04. The molecule has 0 aliphatic carbocycles. The van der Waals surface area contributed by atoms with Gasteiger partial charge in [-0.2, -0.15) is 0 Å². The summed E-state index contributed by atoms with van der Waals surface area (Å²) in [5.41, 5.74) is 21.4. The summed E-state index contributed by atoms with van der Waals surface area (Å²) in [4.78, 5) is 125. The van der Waals surface area contributed by atoms with Gasteiger partial charge >= 0.3 is 0 Å². The van der Waals surface area contributed by atoms with Crippen molar-refractivity contribution >= 4 is 142 Å². The van der Waals surface area contributed by atoms with Crippen molar-refractivity contribution in [1.82, 2.24) is 59.8 Å². The Morgan fingerprint density at radius 3 is 0.817 bits per heavy atom. The van der Waals surface area contributed by atoms with Crippen LogP contribution in [0.15, 0.2) is 342 Å². The summed E-state index contributed by atoms with van der Waals surface area (Å²) in [6.45, 7) is 13.6. The molecule has 12 N–H and O–H groups in total. The second kappa shape index (κ2) is 41.6. The normalized spacial score (nSPS) is 10.5. The third-order valence-corrected chi connectivity index (χ3v) is 19.1. The van der Waals surface area contributed by atoms with Gasteiger partial charge in [-0.15, -0.1) is 6.42 Å². The SMILES string of the molecule is C#CC(=O)Nc1c[nH]c2ncc(-c3ccccc3)cc12.C/C=C/C(=O)Nc1c[nH]c2ncc(-c3ccccc3)cc12.C=C(C)C(=O)Nc1c[nH]c2ncc(-c3ccccc3)cc12.C=CC(=O)Nc1c[nH]c2ncc(-c3ccccc3)cc12.CC#CC(=O)Nc1c[nH]c2ncc(-c3ccccc3)cc12.CC(=O)/C=C\C(=O)Nc1c[nH]c2ncc(-c3ccccc3)cc12. The molecule has 25 nitrogen and oxygen atoms in total. The zero-order chi connectivity index (χ0) is 88.3. The Bertz CT molecular complexity index is 7170. The van der Waals surface area contributed by atoms with Gasteiger partial charge in [0.1, 0.15) is 33.9 Å². The summed E-state index contributed by atoms with van der Waals surface area (Å²) >= 11 is 0. The predicted molar refractivity (Wildman–Crippen MR) is 503 cm³/mol. The largest absolute Gasteiger partial charge is 0.344 e. The van der Waals surface area contributed by atoms with Gasteiger partial charge in [-0.1, -0.05) is 207 Å². The highest BCUT2D eigenvalue weighted by molar-refractivity contribution is 6.13. The van der Waals surface area contributed by atoms with E-state index in [1.165, 1.54) is 31.2 Å². The molecular formula is C101H82N18O7. The first-order chi connectivity index (χ1) is 61.4. The monoisotopic (exact) mass is 1660 g/mol. The number of aromatic nitrogens is 12. The number of benzene rings is 6. The van der Waals surface area contributed by atoms with Crippen LogP contribution in [0.2, 0.25) is 0 Å². The smallest absolute Gasteiger partial charge is 0.300 e. The standard InChI is InChI=1S/C18H15N3O2.2C17H15N3O.C17H13N3O.C16H13N3O.C16H11N3O/c1-12(22)7-8-17(23)21-16-11-20-18-15(16)9-14(10-19-18)13-5-3-2-4-6-13;1-11(2)17(21)20-15-10-19-16-14(15)8-13(9-18-16)12-6-4-3-5-7-12;2*1-2-6-16(21)20-15-11-19-17-14(15)9-13(10-18-17)12-7-4-3-5-8-12;2*1-2-15(20)19-14-10-18-16-13(14)8-12(9-17-16)11-6-4-3-5-7-11/h2-11H,1H3,(H,19,20)(H,21,23);3-10H,1H2,2H3,(H,18,19)(H,20,21);2-11H,1H3,(H,18,19)(H,20,21);3-5,7-11H,1H3,(H,18,19)(H,20,21);2-10H,1H2,(H,17,18)(H,19,20);1,3-10H,(H,17,18)(H,19,20)/b8-7-;;6-2+;;;. The van der Waals surface area contributed by atoms with E-state index in [9.17, 15) is 33.6 Å². The van der Waals surface area contributed by atoms with Crippen LogP contribution in [-0.4, -0.2) is 101 Å². The Kier molecular flexibility index (Phi) is 28.4. The van der Waals surface area contributed by atoms with E-state index in [-0.39, 0.29) is 35.3 Å². The zero-order valence-electron chi connectivity index (χ0n) is 68.6. The van der Waals surface area contributed by atoms with Crippen LogP contribution in [0, 0.1) is 24.2 Å². The number of carbonyl (C=O) groups is 7. The third-order valence-electron chi connectivity index (χ3n) is 19.1. The van der Waals surface area contributed by atoms with Gasteiger partial charge in [-0.25, -0.2) is 29.9 Å². The number of nitrogens with one attached hydrogen (secondary N) is 12. The van der Waals surface area contributed by atoms with Crippen molar-refractivity contribution in [1.29, 1.82) is 0 Å². The van der Waals surface area contributed by atoms with Crippen LogP contribution in [-0.2, 0) is 33.6 Å². The lowest BCUT2D eigenvalue weighted by Crippen LogP contribution is -2.11. The van der Waals surface area contributed by atoms with E-state index in [1.807, 2.05) is 256 Å². The maximum Gasteiger partial charge on any atom is 0.300 e. The first-order valence-electron chi connectivity index (χ1n) is 39.4. The van der Waals surface area contributed by atoms with Crippen LogP contribution in [0.1, 0.15) is 27.7 Å². The number of pyridine rings is 6. The lowest BCUT2D eigenvalue weighted by molar-refractivity contribution is -0.114. The molecule has 0 fully saturated rings. The molecule has 0 bridgehead atoms. The predicted octanol–water partition coefficient (Wildman–Crippen LogP) is 20.2. The van der Waals surface area contributed by atoms with Gasteiger partial charge in [0.05, 0.1) is 34.1 Å². The lowest BCUT2D eigenvalue weighted by atomic mass is 10.1. The average Bonchev–Trinajstić information content (AvgIpc) is 1.68. The maximum atomic E-state index is 11.8. The van der Waals surface area contributed by atoms with Crippen LogP contribution in [0.3, 0.4) is 0 Å². The number of nitrogens with zero attached hydrogens (tertiary/aromatic N) is 6. The number of carbonyl (C=O) groups excluding carboxylic acids is 7. The van der Waals surface area contributed by atoms with Gasteiger partial charge in [-0.3, -0.25) is 33.6 Å². The molecule has 0 aliphatic heterocycles. The van der Waals surface area contributed by atoms with Gasteiger partial charge in [0.25, 0.3) is 17.7 Å². The van der Waals surface area contributed by atoms with Gasteiger partial charge < -0.3 is 61.8 Å². The van der Waals surface area contributed by atoms with Crippen molar-refractivity contribution in [2.75, 3.05) is 31.9 Å². The fourth-order valence-electron chi connectivity index (χ4n) is 12.9. The van der Waals surface area contributed by atoms with Crippen LogP contribution in [0.4, 0.5) is 34.1 Å². The number of aromatic amines is 6. The molecule has 0 spiro atoms. The van der Waals surface area contributed by atoms with Crippen molar-refractivity contribution in [2.24, 2.45) is 0 Å². The maximum absolute atomic E-state index is 11.8. The van der Waals surface area contributed by atoms with Gasteiger partial charge in [0.15, 0.2) is 5.78 Å². The minimum absolute atomic E-state index is 0.150. The number of anilines is 6. The Labute approximate surface area is 723 Å². The third kappa shape index (κ3) is 22.3. The first-order valence-corrected chi connectivity index (χ1v) is 39.4. The fourth-order valence-corrected chi connectivity index (χ4v) is 12.9. The van der Waals surface area contributed by atoms with E-state index >= 15 is 0 Å². The van der Waals surface area contributed by atoms with Gasteiger partial charge in [0.2, 0.25) is 17.7 Å². The van der Waals surface area contributed by atoms with Crippen molar-refractivity contribution < 1.29 is 33.6 Å². The number of hydrogen-bond acceptors (Lipinski definition) is 13. The van der Waals surface area contributed by atoms with Crippen LogP contribution >= 0.6 is 0 Å². The fraction of sp³-hybridized carbons (Fsp3) is 0.0396. The summed E-state index contributed by atoms with van der Waals surface area (Å²) in [7, 11) is 0. The van der Waals surface area contributed by atoms with Crippen molar-refractivity contribution in [2.45, 2.75) is 27.7 Å². The summed E-state index contributed by atoms with van der Waals surface area (Å²) < 4.78 is 0. The first kappa shape index (κ1) is 85.9. The second-order valence-electron chi connectivity index (χ2n) is 27.9. The number of hydrogen-bond donors (Lipinski definition) is 12. The van der Waals surface area contributed by atoms with Crippen LogP contribution in [0.5, 0.6) is 0 Å². The van der Waals surface area contributed by atoms with Crippen LogP contribution < -0.4 is 31.9 Å². The number of fused-ring (bicyclic) bond motifs is 6. The Morgan fingerprint density at radius 2 is 0.579 bits per heavy atom. The van der Waals surface area contributed by atoms with Gasteiger partial charge in [-0.05, 0) is 128 Å². The zero-order valence-corrected chi connectivity index (χ0v) is 68.6. The molecule has 25 heteroatoms. The number of ketones is 1. The molecule has 0 saturated carbocycles. The molecule has 0 atom stereocenters. The van der Waals surface area contributed by atoms with Crippen molar-refractivity contribution in [3.63, 3.8) is 0 Å². The molecule has 12 aromatic heterocycles. The number of H-pyrrole nitrogens is 6. The molecule has 0 saturated heterocycles. The Balaban J connectivity index is 0.000000130. The molecule has 6 aromatic carbocycles. The van der Waals surface area contributed by atoms with E-state index in [0.717, 1.165) is 127 Å². The van der Waals surface area contributed by atoms with Crippen molar-refractivity contribution in [3.8, 4) is 90.9 Å². The molecule has 18 aromatic rings. The molecule has 0 aliphatic rings. The molecule has 12 heterocycles. The molecule has 0 unspecified atom stereocenters. The topological polar surface area (TPSA) is 364 Å². The summed E-state index contributed by atoms with van der Waals surface area (Å²) in [6, 6.07) is 71.8. The second-order valence-corrected chi connectivity index (χ2v) is 27.9. The van der Waals surface area contributed by atoms with Crippen LogP contribution in [0.25, 0.3) is 133 Å². The highest BCUT2D eigenvalue weighted by atomic mass is 16.2. The molecule has 618 valence electrons. The van der Waals surface area contributed by atoms with Crippen molar-refractivity contribution in [3.05, 3.63) is 342 Å². The van der Waals surface area contributed by atoms with E-state index in [1.54, 1.807) is 69.5 Å². The van der Waals surface area contributed by atoms with E-state index in [0.29, 0.717) is 45.3 Å².